The fourth-order valence-electron chi connectivity index (χ4n) is 1.41. The molecule has 2 aromatic rings. The highest BCUT2D eigenvalue weighted by molar-refractivity contribution is 5.72. The van der Waals surface area contributed by atoms with Crippen molar-refractivity contribution in [1.29, 1.82) is 0 Å². The molecule has 0 spiro atoms. The second-order valence-corrected chi connectivity index (χ2v) is 3.14. The van der Waals surface area contributed by atoms with Gasteiger partial charge in [0.1, 0.15) is 5.75 Å². The maximum Gasteiger partial charge on any atom is 0.125 e. The fourth-order valence-corrected chi connectivity index (χ4v) is 1.41. The molecule has 0 fully saturated rings. The van der Waals surface area contributed by atoms with E-state index in [2.05, 4.69) is 0 Å². The lowest BCUT2D eigenvalue weighted by Gasteiger charge is -2.04. The molecule has 3 N–H and O–H groups in total. The molecule has 0 saturated heterocycles. The smallest absolute Gasteiger partial charge is 0.125 e. The molecule has 14 heavy (non-hydrogen) atoms. The number of phenols is 1. The number of nitrogen functional groups attached to an aromatic ring is 1. The van der Waals surface area contributed by atoms with E-state index in [1.54, 1.807) is 12.1 Å². The Morgan fingerprint density at radius 2 is 1.64 bits per heavy atom. The minimum Gasteiger partial charge on any atom is -0.507 e. The van der Waals surface area contributed by atoms with Gasteiger partial charge in [-0.3, -0.25) is 0 Å². The molecule has 0 radical (unpaired) electrons. The van der Waals surface area contributed by atoms with Gasteiger partial charge in [-0.2, -0.15) is 0 Å². The lowest BCUT2D eigenvalue weighted by molar-refractivity contribution is 0.477. The molecule has 70 valence electrons. The second kappa shape index (κ2) is 3.42. The zero-order valence-corrected chi connectivity index (χ0v) is 7.64. The summed E-state index contributed by atoms with van der Waals surface area (Å²) < 4.78 is 0. The Kier molecular flexibility index (Phi) is 2.11. The van der Waals surface area contributed by atoms with E-state index in [1.807, 2.05) is 36.4 Å². The van der Waals surface area contributed by atoms with Crippen molar-refractivity contribution in [1.82, 2.24) is 0 Å². The fraction of sp³-hybridized carbons (Fsp3) is 0. The number of nitrogens with two attached hydrogens (primary N) is 1. The predicted molar refractivity (Wildman–Crippen MR) is 58.0 cm³/mol. The highest BCUT2D eigenvalue weighted by Crippen LogP contribution is 2.30. The van der Waals surface area contributed by atoms with Gasteiger partial charge >= 0.3 is 0 Å². The van der Waals surface area contributed by atoms with E-state index >= 15 is 0 Å². The van der Waals surface area contributed by atoms with Gasteiger partial charge in [0.2, 0.25) is 0 Å². The van der Waals surface area contributed by atoms with Crippen molar-refractivity contribution in [3.8, 4) is 16.9 Å². The molecule has 0 aromatic heterocycles. The van der Waals surface area contributed by atoms with E-state index < -0.39 is 0 Å². The highest BCUT2D eigenvalue weighted by atomic mass is 16.3. The Labute approximate surface area is 82.6 Å². The highest BCUT2D eigenvalue weighted by Gasteiger charge is 2.02. The summed E-state index contributed by atoms with van der Waals surface area (Å²) in [6.07, 6.45) is 0. The molecule has 0 amide bonds. The zero-order chi connectivity index (χ0) is 9.97. The molecule has 0 aliphatic carbocycles. The summed E-state index contributed by atoms with van der Waals surface area (Å²) in [6.45, 7) is 0. The third kappa shape index (κ3) is 1.55. The van der Waals surface area contributed by atoms with Crippen LogP contribution in [0.15, 0.2) is 48.5 Å². The van der Waals surface area contributed by atoms with Crippen LogP contribution in [-0.2, 0) is 0 Å². The van der Waals surface area contributed by atoms with Crippen LogP contribution in [0, 0.1) is 0 Å². The van der Waals surface area contributed by atoms with Gasteiger partial charge < -0.3 is 10.8 Å². The molecule has 0 saturated carbocycles. The van der Waals surface area contributed by atoms with Gasteiger partial charge in [-0.1, -0.05) is 30.3 Å². The molecule has 0 heterocycles. The quantitative estimate of drug-likeness (QED) is 0.671. The van der Waals surface area contributed by atoms with Gasteiger partial charge in [0.25, 0.3) is 0 Å². The average molecular weight is 185 g/mol. The first kappa shape index (κ1) is 8.63. The first-order valence-electron chi connectivity index (χ1n) is 4.41. The summed E-state index contributed by atoms with van der Waals surface area (Å²) in [4.78, 5) is 0. The first-order chi connectivity index (χ1) is 6.77. The van der Waals surface area contributed by atoms with E-state index in [0.29, 0.717) is 5.69 Å². The van der Waals surface area contributed by atoms with Crippen LogP contribution in [0.25, 0.3) is 11.1 Å². The molecule has 2 rings (SSSR count). The summed E-state index contributed by atoms with van der Waals surface area (Å²) in [5, 5.41) is 9.66. The molecule has 2 aromatic carbocycles. The molecular formula is C12H11NO. The van der Waals surface area contributed by atoms with Crippen molar-refractivity contribution in [3.63, 3.8) is 0 Å². The van der Waals surface area contributed by atoms with Crippen LogP contribution in [0.3, 0.4) is 0 Å². The van der Waals surface area contributed by atoms with Crippen molar-refractivity contribution in [2.75, 3.05) is 5.73 Å². The molecule has 2 heteroatoms. The number of anilines is 1. The number of rotatable bonds is 1. The number of hydrogen-bond donors (Lipinski definition) is 2. The molecule has 0 aliphatic rings. The van der Waals surface area contributed by atoms with Gasteiger partial charge in [-0.15, -0.1) is 0 Å². The van der Waals surface area contributed by atoms with Crippen molar-refractivity contribution in [3.05, 3.63) is 48.5 Å². The Morgan fingerprint density at radius 1 is 0.929 bits per heavy atom. The number of phenolic OH excluding ortho intramolecular Hbond substituents is 1. The Balaban J connectivity index is 2.53. The van der Waals surface area contributed by atoms with Gasteiger partial charge in [-0.05, 0) is 17.7 Å². The maximum absolute atomic E-state index is 9.66. The Bertz CT molecular complexity index is 437. The van der Waals surface area contributed by atoms with Crippen LogP contribution in [0.1, 0.15) is 0 Å². The minimum atomic E-state index is 0.219. The third-order valence-corrected chi connectivity index (χ3v) is 2.11. The van der Waals surface area contributed by atoms with Crippen LogP contribution < -0.4 is 5.73 Å². The van der Waals surface area contributed by atoms with Crippen molar-refractivity contribution >= 4 is 5.69 Å². The Hall–Kier alpha value is -1.96. The van der Waals surface area contributed by atoms with E-state index in [9.17, 15) is 5.11 Å². The summed E-state index contributed by atoms with van der Waals surface area (Å²) >= 11 is 0. The normalized spacial score (nSPS) is 10.0. The second-order valence-electron chi connectivity index (χ2n) is 3.14. The molecule has 0 unspecified atom stereocenters. The summed E-state index contributed by atoms with van der Waals surface area (Å²) in [5.41, 5.74) is 7.91. The lowest BCUT2D eigenvalue weighted by Crippen LogP contribution is -1.85. The van der Waals surface area contributed by atoms with Crippen molar-refractivity contribution in [2.24, 2.45) is 0 Å². The van der Waals surface area contributed by atoms with Crippen molar-refractivity contribution < 1.29 is 5.11 Å². The molecule has 0 atom stereocenters. The van der Waals surface area contributed by atoms with Crippen LogP contribution in [-0.4, -0.2) is 5.11 Å². The SMILES string of the molecule is Nc1ccc(-c2ccccc2)c(O)c1. The van der Waals surface area contributed by atoms with Crippen LogP contribution >= 0.6 is 0 Å². The largest absolute Gasteiger partial charge is 0.507 e. The standard InChI is InChI=1S/C12H11NO/c13-10-6-7-11(12(14)8-10)9-4-2-1-3-5-9/h1-8,14H,13H2. The topological polar surface area (TPSA) is 46.2 Å². The first-order valence-corrected chi connectivity index (χ1v) is 4.41. The predicted octanol–water partition coefficient (Wildman–Crippen LogP) is 2.64. The molecule has 0 bridgehead atoms. The van der Waals surface area contributed by atoms with Crippen molar-refractivity contribution in [2.45, 2.75) is 0 Å². The number of aromatic hydroxyl groups is 1. The van der Waals surface area contributed by atoms with Crippen LogP contribution in [0.2, 0.25) is 0 Å². The number of hydrogen-bond acceptors (Lipinski definition) is 2. The van der Waals surface area contributed by atoms with E-state index in [4.69, 9.17) is 5.73 Å². The summed E-state index contributed by atoms with van der Waals surface area (Å²) in [5.74, 6) is 0.219. The van der Waals surface area contributed by atoms with Gasteiger partial charge in [0.15, 0.2) is 0 Å². The molecular weight excluding hydrogens is 174 g/mol. The Morgan fingerprint density at radius 3 is 2.29 bits per heavy atom. The average Bonchev–Trinajstić information content (AvgIpc) is 2.19. The van der Waals surface area contributed by atoms with E-state index in [0.717, 1.165) is 11.1 Å². The number of benzene rings is 2. The van der Waals surface area contributed by atoms with Crippen LogP contribution in [0.5, 0.6) is 5.75 Å². The summed E-state index contributed by atoms with van der Waals surface area (Å²) in [6, 6.07) is 14.9. The molecule has 2 nitrogen and oxygen atoms in total. The zero-order valence-electron chi connectivity index (χ0n) is 7.64. The minimum absolute atomic E-state index is 0.219. The van der Waals surface area contributed by atoms with Gasteiger partial charge in [0, 0.05) is 17.3 Å². The van der Waals surface area contributed by atoms with E-state index in [1.165, 1.54) is 0 Å². The van der Waals surface area contributed by atoms with Gasteiger partial charge in [0.05, 0.1) is 0 Å². The third-order valence-electron chi connectivity index (χ3n) is 2.11. The van der Waals surface area contributed by atoms with E-state index in [-0.39, 0.29) is 5.75 Å². The maximum atomic E-state index is 9.66. The van der Waals surface area contributed by atoms with Gasteiger partial charge in [-0.25, -0.2) is 0 Å². The monoisotopic (exact) mass is 185 g/mol. The van der Waals surface area contributed by atoms with Crippen LogP contribution in [0.4, 0.5) is 5.69 Å². The lowest BCUT2D eigenvalue weighted by atomic mass is 10.0. The summed E-state index contributed by atoms with van der Waals surface area (Å²) in [7, 11) is 0. The molecule has 0 aliphatic heterocycles.